The van der Waals surface area contributed by atoms with Gasteiger partial charge in [-0.25, -0.2) is 0 Å². The summed E-state index contributed by atoms with van der Waals surface area (Å²) >= 11 is 17.1. The maximum Gasteiger partial charge on any atom is 0.226 e. The third-order valence-electron chi connectivity index (χ3n) is 4.33. The van der Waals surface area contributed by atoms with Crippen LogP contribution in [-0.2, 0) is 4.79 Å². The highest BCUT2D eigenvalue weighted by atomic mass is 35.5. The molecule has 5 nitrogen and oxygen atoms in total. The molecule has 0 fully saturated rings. The standard InChI is InChI=1S/C23H28Cl2N2O3S/c1-2-3-4-5-14-29-19-11-9-18(10-12-19)26-23(31)27-22(28)7-6-15-30-21-13-8-17(24)16-20(21)25/h8-13,16H,2-7,14-15H2,1H3,(H2,26,27,28,31). The highest BCUT2D eigenvalue weighted by molar-refractivity contribution is 7.80. The molecular weight excluding hydrogens is 455 g/mol. The van der Waals surface area contributed by atoms with Gasteiger partial charge in [-0.2, -0.15) is 0 Å². The summed E-state index contributed by atoms with van der Waals surface area (Å²) in [5.74, 6) is 1.17. The van der Waals surface area contributed by atoms with Crippen molar-refractivity contribution in [3.63, 3.8) is 0 Å². The van der Waals surface area contributed by atoms with Crippen molar-refractivity contribution in [2.24, 2.45) is 0 Å². The van der Waals surface area contributed by atoms with Crippen molar-refractivity contribution in [2.45, 2.75) is 45.4 Å². The Morgan fingerprint density at radius 2 is 1.71 bits per heavy atom. The first-order valence-electron chi connectivity index (χ1n) is 10.4. The highest BCUT2D eigenvalue weighted by Gasteiger charge is 2.07. The molecule has 0 heterocycles. The van der Waals surface area contributed by atoms with Gasteiger partial charge in [0.25, 0.3) is 0 Å². The summed E-state index contributed by atoms with van der Waals surface area (Å²) in [6.45, 7) is 3.26. The maximum atomic E-state index is 12.1. The van der Waals surface area contributed by atoms with Crippen LogP contribution in [0.25, 0.3) is 0 Å². The zero-order chi connectivity index (χ0) is 22.5. The zero-order valence-electron chi connectivity index (χ0n) is 17.6. The van der Waals surface area contributed by atoms with Crippen molar-refractivity contribution in [2.75, 3.05) is 18.5 Å². The number of benzene rings is 2. The van der Waals surface area contributed by atoms with Crippen LogP contribution >= 0.6 is 35.4 Å². The van der Waals surface area contributed by atoms with Gasteiger partial charge in [0.05, 0.1) is 18.2 Å². The summed E-state index contributed by atoms with van der Waals surface area (Å²) in [7, 11) is 0. The van der Waals surface area contributed by atoms with E-state index in [1.165, 1.54) is 19.3 Å². The van der Waals surface area contributed by atoms with Crippen LogP contribution in [0.5, 0.6) is 11.5 Å². The molecule has 0 bridgehead atoms. The topological polar surface area (TPSA) is 59.6 Å². The van der Waals surface area contributed by atoms with Crippen molar-refractivity contribution >= 4 is 52.1 Å². The number of carbonyl (C=O) groups is 1. The van der Waals surface area contributed by atoms with Crippen molar-refractivity contribution in [3.05, 3.63) is 52.5 Å². The third-order valence-corrected chi connectivity index (χ3v) is 5.07. The van der Waals surface area contributed by atoms with Gasteiger partial charge in [-0.15, -0.1) is 0 Å². The normalized spacial score (nSPS) is 10.4. The molecule has 0 radical (unpaired) electrons. The summed E-state index contributed by atoms with van der Waals surface area (Å²) < 4.78 is 11.3. The second-order valence-corrected chi connectivity index (χ2v) is 8.21. The Bertz CT molecular complexity index is 847. The van der Waals surface area contributed by atoms with E-state index in [1.807, 2.05) is 24.3 Å². The molecule has 2 N–H and O–H groups in total. The fourth-order valence-electron chi connectivity index (χ4n) is 2.71. The van der Waals surface area contributed by atoms with E-state index >= 15 is 0 Å². The van der Waals surface area contributed by atoms with Crippen LogP contribution in [0, 0.1) is 0 Å². The predicted molar refractivity (Wildman–Crippen MR) is 132 cm³/mol. The number of amides is 1. The monoisotopic (exact) mass is 482 g/mol. The zero-order valence-corrected chi connectivity index (χ0v) is 19.9. The molecular formula is C23H28Cl2N2O3S. The van der Waals surface area contributed by atoms with Gasteiger partial charge in [-0.3, -0.25) is 4.79 Å². The number of halogens is 2. The van der Waals surface area contributed by atoms with Gasteiger partial charge in [0.1, 0.15) is 11.5 Å². The lowest BCUT2D eigenvalue weighted by Gasteiger charge is -2.11. The number of ether oxygens (including phenoxy) is 2. The van der Waals surface area contributed by atoms with Crippen LogP contribution in [0.3, 0.4) is 0 Å². The molecule has 0 atom stereocenters. The van der Waals surface area contributed by atoms with Gasteiger partial charge < -0.3 is 20.1 Å². The van der Waals surface area contributed by atoms with Crippen LogP contribution in [-0.4, -0.2) is 24.2 Å². The SMILES string of the molecule is CCCCCCOc1ccc(NC(=S)NC(=O)CCCOc2ccc(Cl)cc2Cl)cc1. The number of hydrogen-bond donors (Lipinski definition) is 2. The van der Waals surface area contributed by atoms with E-state index in [9.17, 15) is 4.79 Å². The second-order valence-electron chi connectivity index (χ2n) is 6.96. The molecule has 0 saturated carbocycles. The number of carbonyl (C=O) groups excluding carboxylic acids is 1. The average molecular weight is 483 g/mol. The quantitative estimate of drug-likeness (QED) is 0.262. The van der Waals surface area contributed by atoms with E-state index in [0.717, 1.165) is 24.5 Å². The fraction of sp³-hybridized carbons (Fsp3) is 0.391. The Morgan fingerprint density at radius 3 is 2.42 bits per heavy atom. The minimum atomic E-state index is -0.185. The molecule has 8 heteroatoms. The largest absolute Gasteiger partial charge is 0.494 e. The highest BCUT2D eigenvalue weighted by Crippen LogP contribution is 2.27. The molecule has 0 spiro atoms. The maximum absolute atomic E-state index is 12.1. The minimum Gasteiger partial charge on any atom is -0.494 e. The lowest BCUT2D eigenvalue weighted by Crippen LogP contribution is -2.34. The molecule has 1 amide bonds. The number of thiocarbonyl (C=S) groups is 1. The molecule has 0 aliphatic carbocycles. The number of anilines is 1. The van der Waals surface area contributed by atoms with Gasteiger partial charge in [0, 0.05) is 17.1 Å². The molecule has 0 aliphatic heterocycles. The van der Waals surface area contributed by atoms with Gasteiger partial charge >= 0.3 is 0 Å². The Labute approximate surface area is 199 Å². The molecule has 0 aliphatic rings. The fourth-order valence-corrected chi connectivity index (χ4v) is 3.41. The predicted octanol–water partition coefficient (Wildman–Crippen LogP) is 6.62. The smallest absolute Gasteiger partial charge is 0.226 e. The molecule has 0 saturated heterocycles. The van der Waals surface area contributed by atoms with E-state index in [-0.39, 0.29) is 17.4 Å². The lowest BCUT2D eigenvalue weighted by atomic mass is 10.2. The van der Waals surface area contributed by atoms with Crippen LogP contribution in [0.2, 0.25) is 10.0 Å². The number of rotatable bonds is 12. The first-order valence-corrected chi connectivity index (χ1v) is 11.6. The molecule has 2 rings (SSSR count). The second kappa shape index (κ2) is 14.1. The molecule has 0 unspecified atom stereocenters. The summed E-state index contributed by atoms with van der Waals surface area (Å²) in [5, 5.41) is 6.89. The first kappa shape index (κ1) is 25.2. The Kier molecular flexibility index (Phi) is 11.5. The number of nitrogens with one attached hydrogen (secondary N) is 2. The van der Waals surface area contributed by atoms with E-state index in [1.54, 1.807) is 18.2 Å². The van der Waals surface area contributed by atoms with Crippen molar-refractivity contribution < 1.29 is 14.3 Å². The van der Waals surface area contributed by atoms with Gasteiger partial charge in [-0.05, 0) is 67.5 Å². The summed E-state index contributed by atoms with van der Waals surface area (Å²) in [6, 6.07) is 12.5. The molecule has 2 aromatic carbocycles. The van der Waals surface area contributed by atoms with E-state index < -0.39 is 0 Å². The molecule has 0 aromatic heterocycles. The van der Waals surface area contributed by atoms with Gasteiger partial charge in [-0.1, -0.05) is 49.4 Å². The van der Waals surface area contributed by atoms with Crippen LogP contribution < -0.4 is 20.1 Å². The Balaban J connectivity index is 1.63. The van der Waals surface area contributed by atoms with Crippen molar-refractivity contribution in [1.82, 2.24) is 5.32 Å². The summed E-state index contributed by atoms with van der Waals surface area (Å²) in [4.78, 5) is 12.1. The number of hydrogen-bond acceptors (Lipinski definition) is 4. The van der Waals surface area contributed by atoms with Crippen LogP contribution in [0.1, 0.15) is 45.4 Å². The van der Waals surface area contributed by atoms with Gasteiger partial charge in [0.2, 0.25) is 5.91 Å². The molecule has 2 aromatic rings. The average Bonchev–Trinajstić information content (AvgIpc) is 2.73. The van der Waals surface area contributed by atoms with Gasteiger partial charge in [0.15, 0.2) is 5.11 Å². The first-order chi connectivity index (χ1) is 15.0. The molecule has 168 valence electrons. The van der Waals surface area contributed by atoms with Crippen molar-refractivity contribution in [3.8, 4) is 11.5 Å². The lowest BCUT2D eigenvalue weighted by molar-refractivity contribution is -0.119. The van der Waals surface area contributed by atoms with Crippen LogP contribution in [0.15, 0.2) is 42.5 Å². The van der Waals surface area contributed by atoms with E-state index in [2.05, 4.69) is 17.6 Å². The third kappa shape index (κ3) is 10.2. The van der Waals surface area contributed by atoms with Crippen molar-refractivity contribution in [1.29, 1.82) is 0 Å². The minimum absolute atomic E-state index is 0.185. The van der Waals surface area contributed by atoms with Crippen LogP contribution in [0.4, 0.5) is 5.69 Å². The summed E-state index contributed by atoms with van der Waals surface area (Å²) in [5.41, 5.74) is 0.782. The number of unbranched alkanes of at least 4 members (excludes halogenated alkanes) is 3. The Morgan fingerprint density at radius 1 is 0.968 bits per heavy atom. The Hall–Kier alpha value is -2.02. The van der Waals surface area contributed by atoms with E-state index in [0.29, 0.717) is 28.8 Å². The van der Waals surface area contributed by atoms with E-state index in [4.69, 9.17) is 44.9 Å². The summed E-state index contributed by atoms with van der Waals surface area (Å²) in [6.07, 6.45) is 5.49. The molecule has 31 heavy (non-hydrogen) atoms.